The number of para-hydroxylation sites is 2. The summed E-state index contributed by atoms with van der Waals surface area (Å²) in [6, 6.07) is 14.6. The van der Waals surface area contributed by atoms with E-state index in [4.69, 9.17) is 0 Å². The zero-order chi connectivity index (χ0) is 18.1. The minimum Gasteiger partial charge on any atom is -0.365 e. The maximum atomic E-state index is 14.2. The Morgan fingerprint density at radius 1 is 1.23 bits per heavy atom. The molecule has 0 bridgehead atoms. The Morgan fingerprint density at radius 2 is 2.00 bits per heavy atom. The highest BCUT2D eigenvalue weighted by molar-refractivity contribution is 7.14. The monoisotopic (exact) mass is 367 g/mol. The number of benzene rings is 2. The number of fused-ring (bicyclic) bond motifs is 1. The Bertz CT molecular complexity index is 955. The largest absolute Gasteiger partial charge is 0.365 e. The summed E-state index contributed by atoms with van der Waals surface area (Å²) in [6.07, 6.45) is 1.03. The summed E-state index contributed by atoms with van der Waals surface area (Å²) in [7, 11) is 0. The first-order valence-electron chi connectivity index (χ1n) is 8.46. The number of carbonyl (C=O) groups is 1. The molecule has 4 nitrogen and oxygen atoms in total. The lowest BCUT2D eigenvalue weighted by Crippen LogP contribution is -2.24. The fourth-order valence-electron chi connectivity index (χ4n) is 3.28. The Kier molecular flexibility index (Phi) is 4.42. The van der Waals surface area contributed by atoms with Crippen LogP contribution in [0, 0.1) is 5.82 Å². The molecule has 0 radical (unpaired) electrons. The summed E-state index contributed by atoms with van der Waals surface area (Å²) in [5.74, 6) is -0.699. The standard InChI is InChI=1S/C20H18FN3OS/c1-14(25)24(19-9-5-3-7-17(19)21)20-22-16(13-26-20)12-23-11-10-15-6-2-4-8-18(15)23/h2-9,13H,10-12H2,1H3. The molecule has 0 spiro atoms. The molecule has 0 fully saturated rings. The summed E-state index contributed by atoms with van der Waals surface area (Å²) >= 11 is 1.35. The summed E-state index contributed by atoms with van der Waals surface area (Å²) in [4.78, 5) is 20.4. The van der Waals surface area contributed by atoms with Gasteiger partial charge in [-0.1, -0.05) is 30.3 Å². The van der Waals surface area contributed by atoms with Gasteiger partial charge in [-0.05, 0) is 30.2 Å². The molecular formula is C20H18FN3OS. The van der Waals surface area contributed by atoms with Crippen molar-refractivity contribution in [3.05, 3.63) is 71.0 Å². The molecule has 1 aromatic heterocycles. The molecular weight excluding hydrogens is 349 g/mol. The van der Waals surface area contributed by atoms with E-state index in [2.05, 4.69) is 28.1 Å². The number of aromatic nitrogens is 1. The number of nitrogens with zero attached hydrogens (tertiary/aromatic N) is 3. The van der Waals surface area contributed by atoms with Gasteiger partial charge in [-0.2, -0.15) is 0 Å². The molecule has 0 atom stereocenters. The minimum atomic E-state index is -0.437. The molecule has 4 rings (SSSR count). The van der Waals surface area contributed by atoms with Crippen molar-refractivity contribution >= 4 is 33.8 Å². The molecule has 132 valence electrons. The lowest BCUT2D eigenvalue weighted by molar-refractivity contribution is -0.115. The maximum absolute atomic E-state index is 14.2. The molecule has 1 aliphatic heterocycles. The minimum absolute atomic E-state index is 0.229. The summed E-state index contributed by atoms with van der Waals surface area (Å²) in [5, 5.41) is 2.43. The van der Waals surface area contributed by atoms with E-state index in [-0.39, 0.29) is 11.6 Å². The number of hydrogen-bond donors (Lipinski definition) is 0. The van der Waals surface area contributed by atoms with Crippen LogP contribution in [0.4, 0.5) is 20.9 Å². The van der Waals surface area contributed by atoms with Crippen LogP contribution in [0.25, 0.3) is 0 Å². The van der Waals surface area contributed by atoms with Crippen molar-refractivity contribution in [1.82, 2.24) is 4.98 Å². The Morgan fingerprint density at radius 3 is 2.81 bits per heavy atom. The third kappa shape index (κ3) is 3.08. The zero-order valence-electron chi connectivity index (χ0n) is 14.4. The average molecular weight is 367 g/mol. The Balaban J connectivity index is 1.59. The van der Waals surface area contributed by atoms with Crippen LogP contribution >= 0.6 is 11.3 Å². The first kappa shape index (κ1) is 16.7. The number of carbonyl (C=O) groups excluding carboxylic acids is 1. The van der Waals surface area contributed by atoms with Crippen molar-refractivity contribution in [3.8, 4) is 0 Å². The van der Waals surface area contributed by atoms with Gasteiger partial charge in [-0.25, -0.2) is 9.37 Å². The van der Waals surface area contributed by atoms with E-state index in [1.165, 1.54) is 40.5 Å². The van der Waals surface area contributed by atoms with Crippen molar-refractivity contribution in [3.63, 3.8) is 0 Å². The number of anilines is 3. The van der Waals surface area contributed by atoms with Crippen molar-refractivity contribution in [2.75, 3.05) is 16.3 Å². The lowest BCUT2D eigenvalue weighted by Gasteiger charge is -2.19. The molecule has 0 saturated heterocycles. The summed E-state index contributed by atoms with van der Waals surface area (Å²) in [6.45, 7) is 3.05. The molecule has 0 saturated carbocycles. The van der Waals surface area contributed by atoms with Crippen molar-refractivity contribution < 1.29 is 9.18 Å². The molecule has 2 aromatic carbocycles. The number of rotatable bonds is 4. The fraction of sp³-hybridized carbons (Fsp3) is 0.200. The van der Waals surface area contributed by atoms with Crippen LogP contribution in [0.1, 0.15) is 18.2 Å². The van der Waals surface area contributed by atoms with Crippen LogP contribution in [0.2, 0.25) is 0 Å². The fourth-order valence-corrected chi connectivity index (χ4v) is 4.15. The molecule has 6 heteroatoms. The number of halogens is 1. The number of thiazole rings is 1. The van der Waals surface area contributed by atoms with Gasteiger partial charge in [0.1, 0.15) is 5.82 Å². The normalized spacial score (nSPS) is 12.9. The van der Waals surface area contributed by atoms with Gasteiger partial charge in [0.05, 0.1) is 17.9 Å². The van der Waals surface area contributed by atoms with Crippen molar-refractivity contribution in [1.29, 1.82) is 0 Å². The summed E-state index contributed by atoms with van der Waals surface area (Å²) < 4.78 is 14.2. The Labute approximate surface area is 155 Å². The highest BCUT2D eigenvalue weighted by atomic mass is 32.1. The van der Waals surface area contributed by atoms with Crippen LogP contribution in [0.5, 0.6) is 0 Å². The second-order valence-electron chi connectivity index (χ2n) is 6.23. The van der Waals surface area contributed by atoms with Gasteiger partial charge < -0.3 is 4.90 Å². The van der Waals surface area contributed by atoms with E-state index in [9.17, 15) is 9.18 Å². The van der Waals surface area contributed by atoms with Gasteiger partial charge in [-0.15, -0.1) is 11.3 Å². The van der Waals surface area contributed by atoms with Crippen LogP contribution in [-0.2, 0) is 17.8 Å². The average Bonchev–Trinajstić information content (AvgIpc) is 3.25. The van der Waals surface area contributed by atoms with E-state index in [1.54, 1.807) is 18.2 Å². The van der Waals surface area contributed by atoms with Crippen LogP contribution in [0.3, 0.4) is 0 Å². The molecule has 0 aliphatic carbocycles. The number of amides is 1. The van der Waals surface area contributed by atoms with Gasteiger partial charge in [0.15, 0.2) is 5.13 Å². The second kappa shape index (κ2) is 6.88. The molecule has 0 N–H and O–H groups in total. The molecule has 0 unspecified atom stereocenters. The lowest BCUT2D eigenvalue weighted by atomic mass is 10.2. The first-order chi connectivity index (χ1) is 12.6. The highest BCUT2D eigenvalue weighted by Crippen LogP contribution is 2.33. The van der Waals surface area contributed by atoms with Gasteiger partial charge >= 0.3 is 0 Å². The quantitative estimate of drug-likeness (QED) is 0.680. The first-order valence-corrected chi connectivity index (χ1v) is 9.34. The van der Waals surface area contributed by atoms with Crippen LogP contribution in [0.15, 0.2) is 53.9 Å². The SMILES string of the molecule is CC(=O)N(c1nc(CN2CCc3ccccc32)cs1)c1ccccc1F. The van der Waals surface area contributed by atoms with E-state index in [1.807, 2.05) is 11.4 Å². The van der Waals surface area contributed by atoms with Gasteiger partial charge in [0.25, 0.3) is 0 Å². The van der Waals surface area contributed by atoms with Crippen molar-refractivity contribution in [2.45, 2.75) is 19.9 Å². The Hall–Kier alpha value is -2.73. The van der Waals surface area contributed by atoms with Gasteiger partial charge in [0.2, 0.25) is 5.91 Å². The molecule has 26 heavy (non-hydrogen) atoms. The topological polar surface area (TPSA) is 36.4 Å². The van der Waals surface area contributed by atoms with E-state index < -0.39 is 5.82 Å². The summed E-state index contributed by atoms with van der Waals surface area (Å²) in [5.41, 5.74) is 3.69. The third-order valence-electron chi connectivity index (χ3n) is 4.48. The van der Waals surface area contributed by atoms with Crippen molar-refractivity contribution in [2.24, 2.45) is 0 Å². The van der Waals surface area contributed by atoms with E-state index in [0.29, 0.717) is 11.7 Å². The van der Waals surface area contributed by atoms with Crippen LogP contribution in [-0.4, -0.2) is 17.4 Å². The predicted molar refractivity (Wildman–Crippen MR) is 103 cm³/mol. The highest BCUT2D eigenvalue weighted by Gasteiger charge is 2.23. The smallest absolute Gasteiger partial charge is 0.230 e. The van der Waals surface area contributed by atoms with Gasteiger partial charge in [0, 0.05) is 24.5 Å². The molecule has 3 aromatic rings. The molecule has 1 amide bonds. The van der Waals surface area contributed by atoms with E-state index >= 15 is 0 Å². The third-order valence-corrected chi connectivity index (χ3v) is 5.35. The van der Waals surface area contributed by atoms with Crippen LogP contribution < -0.4 is 9.80 Å². The maximum Gasteiger partial charge on any atom is 0.230 e. The van der Waals surface area contributed by atoms with E-state index in [0.717, 1.165) is 18.7 Å². The molecule has 1 aliphatic rings. The number of hydrogen-bond acceptors (Lipinski definition) is 4. The zero-order valence-corrected chi connectivity index (χ0v) is 15.2. The second-order valence-corrected chi connectivity index (χ2v) is 7.06. The molecule has 2 heterocycles. The van der Waals surface area contributed by atoms with Gasteiger partial charge in [-0.3, -0.25) is 9.69 Å². The predicted octanol–water partition coefficient (Wildman–Crippen LogP) is 4.53.